The van der Waals surface area contributed by atoms with Crippen molar-refractivity contribution in [3.05, 3.63) is 29.3 Å². The fraction of sp³-hybridized carbons (Fsp3) is 0.500. The van der Waals surface area contributed by atoms with E-state index in [2.05, 4.69) is 0 Å². The van der Waals surface area contributed by atoms with E-state index in [1.807, 2.05) is 32.0 Å². The van der Waals surface area contributed by atoms with Gasteiger partial charge in [0, 0.05) is 6.54 Å². The van der Waals surface area contributed by atoms with Crippen molar-refractivity contribution < 1.29 is 19.1 Å². The van der Waals surface area contributed by atoms with E-state index in [0.29, 0.717) is 18.7 Å². The van der Waals surface area contributed by atoms with Crippen molar-refractivity contribution in [2.45, 2.75) is 32.7 Å². The van der Waals surface area contributed by atoms with Gasteiger partial charge < -0.3 is 14.4 Å². The highest BCUT2D eigenvalue weighted by atomic mass is 16.5. The van der Waals surface area contributed by atoms with E-state index in [-0.39, 0.29) is 18.5 Å². The first-order valence-electron chi connectivity index (χ1n) is 7.09. The lowest BCUT2D eigenvalue weighted by Crippen LogP contribution is -2.43. The van der Waals surface area contributed by atoms with Crippen molar-refractivity contribution in [1.82, 2.24) is 4.90 Å². The summed E-state index contributed by atoms with van der Waals surface area (Å²) in [5.41, 5.74) is 2.18. The summed E-state index contributed by atoms with van der Waals surface area (Å²) in [4.78, 5) is 25.4. The van der Waals surface area contributed by atoms with E-state index in [0.717, 1.165) is 17.5 Å². The minimum absolute atomic E-state index is 0.0591. The Hall–Kier alpha value is -2.04. The molecule has 1 aliphatic heterocycles. The topological polar surface area (TPSA) is 55.8 Å². The number of esters is 1. The number of ether oxygens (including phenoxy) is 2. The molecular weight excluding hydrogens is 270 g/mol. The second-order valence-corrected chi connectivity index (χ2v) is 5.38. The number of likely N-dealkylation sites (tertiary alicyclic amines) is 1. The Balaban J connectivity index is 1.96. The monoisotopic (exact) mass is 291 g/mol. The molecule has 1 aromatic rings. The average molecular weight is 291 g/mol. The number of hydrogen-bond donors (Lipinski definition) is 0. The molecule has 1 aliphatic rings. The van der Waals surface area contributed by atoms with Gasteiger partial charge in [-0.2, -0.15) is 0 Å². The van der Waals surface area contributed by atoms with E-state index in [4.69, 9.17) is 9.47 Å². The van der Waals surface area contributed by atoms with Crippen molar-refractivity contribution in [1.29, 1.82) is 0 Å². The van der Waals surface area contributed by atoms with Gasteiger partial charge in [0.15, 0.2) is 6.61 Å². The van der Waals surface area contributed by atoms with Gasteiger partial charge >= 0.3 is 5.97 Å². The first kappa shape index (κ1) is 15.4. The standard InChI is InChI=1S/C16H21NO4/c1-11-7-12(2)9-13(8-11)21-10-15(18)17-6-4-5-14(17)16(19)20-3/h7-9,14H,4-6,10H2,1-3H3. The third-order valence-corrected chi connectivity index (χ3v) is 3.60. The molecule has 1 fully saturated rings. The second-order valence-electron chi connectivity index (χ2n) is 5.38. The second kappa shape index (κ2) is 6.61. The zero-order valence-electron chi connectivity index (χ0n) is 12.7. The SMILES string of the molecule is COC(=O)C1CCCN1C(=O)COc1cc(C)cc(C)c1. The number of carbonyl (C=O) groups is 2. The zero-order chi connectivity index (χ0) is 15.4. The van der Waals surface area contributed by atoms with Crippen LogP contribution in [0.2, 0.25) is 0 Å². The minimum Gasteiger partial charge on any atom is -0.484 e. The van der Waals surface area contributed by atoms with E-state index in [1.165, 1.54) is 7.11 Å². The van der Waals surface area contributed by atoms with Gasteiger partial charge in [0.05, 0.1) is 7.11 Å². The third kappa shape index (κ3) is 3.74. The molecule has 0 bridgehead atoms. The Kier molecular flexibility index (Phi) is 4.83. The summed E-state index contributed by atoms with van der Waals surface area (Å²) in [7, 11) is 1.34. The van der Waals surface area contributed by atoms with Crippen molar-refractivity contribution in [3.8, 4) is 5.75 Å². The van der Waals surface area contributed by atoms with E-state index < -0.39 is 6.04 Å². The lowest BCUT2D eigenvalue weighted by molar-refractivity contribution is -0.151. The number of benzene rings is 1. The highest BCUT2D eigenvalue weighted by Gasteiger charge is 2.34. The van der Waals surface area contributed by atoms with Crippen LogP contribution < -0.4 is 4.74 Å². The van der Waals surface area contributed by atoms with Gasteiger partial charge in [0.2, 0.25) is 0 Å². The third-order valence-electron chi connectivity index (χ3n) is 3.60. The van der Waals surface area contributed by atoms with Gasteiger partial charge in [0.25, 0.3) is 5.91 Å². The Morgan fingerprint density at radius 2 is 1.90 bits per heavy atom. The Morgan fingerprint density at radius 3 is 2.52 bits per heavy atom. The van der Waals surface area contributed by atoms with Gasteiger partial charge in [-0.05, 0) is 49.9 Å². The number of rotatable bonds is 4. The molecule has 1 amide bonds. The molecule has 114 valence electrons. The van der Waals surface area contributed by atoms with Crippen LogP contribution in [0.15, 0.2) is 18.2 Å². The van der Waals surface area contributed by atoms with Crippen molar-refractivity contribution in [2.24, 2.45) is 0 Å². The largest absolute Gasteiger partial charge is 0.484 e. The van der Waals surface area contributed by atoms with Crippen LogP contribution >= 0.6 is 0 Å². The van der Waals surface area contributed by atoms with E-state index in [1.54, 1.807) is 4.90 Å². The molecule has 0 saturated carbocycles. The average Bonchev–Trinajstić information content (AvgIpc) is 2.92. The summed E-state index contributed by atoms with van der Waals surface area (Å²) < 4.78 is 10.3. The number of hydrogen-bond acceptors (Lipinski definition) is 4. The number of methoxy groups -OCH3 is 1. The smallest absolute Gasteiger partial charge is 0.328 e. The maximum atomic E-state index is 12.2. The quantitative estimate of drug-likeness (QED) is 0.794. The van der Waals surface area contributed by atoms with Crippen LogP contribution in [0.1, 0.15) is 24.0 Å². The molecule has 1 unspecified atom stereocenters. The number of amides is 1. The molecule has 0 spiro atoms. The zero-order valence-corrected chi connectivity index (χ0v) is 12.7. The first-order chi connectivity index (χ1) is 10.0. The summed E-state index contributed by atoms with van der Waals surface area (Å²) in [6.45, 7) is 4.48. The van der Waals surface area contributed by atoms with Crippen LogP contribution in [0.4, 0.5) is 0 Å². The molecule has 1 heterocycles. The van der Waals surface area contributed by atoms with Crippen LogP contribution in [-0.4, -0.2) is 43.1 Å². The molecule has 1 saturated heterocycles. The minimum atomic E-state index is -0.467. The summed E-state index contributed by atoms with van der Waals surface area (Å²) in [5, 5.41) is 0. The van der Waals surface area contributed by atoms with Crippen molar-refractivity contribution in [3.63, 3.8) is 0 Å². The summed E-state index contributed by atoms with van der Waals surface area (Å²) in [5.74, 6) is 0.143. The van der Waals surface area contributed by atoms with Crippen LogP contribution in [-0.2, 0) is 14.3 Å². The molecule has 0 radical (unpaired) electrons. The normalized spacial score (nSPS) is 17.7. The molecule has 5 nitrogen and oxygen atoms in total. The molecule has 2 rings (SSSR count). The van der Waals surface area contributed by atoms with Crippen LogP contribution in [0.3, 0.4) is 0 Å². The maximum Gasteiger partial charge on any atom is 0.328 e. The predicted octanol–water partition coefficient (Wildman–Crippen LogP) is 1.85. The molecule has 0 aliphatic carbocycles. The van der Waals surface area contributed by atoms with Crippen LogP contribution in [0.25, 0.3) is 0 Å². The molecule has 0 N–H and O–H groups in total. The fourth-order valence-electron chi connectivity index (χ4n) is 2.69. The summed E-state index contributed by atoms with van der Waals surface area (Å²) >= 11 is 0. The molecule has 1 aromatic carbocycles. The highest BCUT2D eigenvalue weighted by molar-refractivity contribution is 5.85. The predicted molar refractivity (Wildman–Crippen MR) is 78.2 cm³/mol. The number of carbonyl (C=O) groups excluding carboxylic acids is 2. The molecule has 5 heteroatoms. The number of nitrogens with zero attached hydrogens (tertiary/aromatic N) is 1. The Morgan fingerprint density at radius 1 is 1.24 bits per heavy atom. The molecule has 0 aromatic heterocycles. The molecule has 21 heavy (non-hydrogen) atoms. The maximum absolute atomic E-state index is 12.2. The van der Waals surface area contributed by atoms with Crippen molar-refractivity contribution in [2.75, 3.05) is 20.3 Å². The Bertz CT molecular complexity index is 521. The lowest BCUT2D eigenvalue weighted by Gasteiger charge is -2.22. The first-order valence-corrected chi connectivity index (χ1v) is 7.09. The van der Waals surface area contributed by atoms with Gasteiger partial charge in [-0.1, -0.05) is 6.07 Å². The number of aryl methyl sites for hydroxylation is 2. The van der Waals surface area contributed by atoms with Gasteiger partial charge in [-0.3, -0.25) is 4.79 Å². The Labute approximate surface area is 124 Å². The van der Waals surface area contributed by atoms with Gasteiger partial charge in [-0.25, -0.2) is 4.79 Å². The van der Waals surface area contributed by atoms with Crippen LogP contribution in [0.5, 0.6) is 5.75 Å². The molecule has 1 atom stereocenters. The van der Waals surface area contributed by atoms with E-state index in [9.17, 15) is 9.59 Å². The molecular formula is C16H21NO4. The van der Waals surface area contributed by atoms with E-state index >= 15 is 0 Å². The summed E-state index contributed by atoms with van der Waals surface area (Å²) in [6.07, 6.45) is 1.47. The lowest BCUT2D eigenvalue weighted by atomic mass is 10.1. The van der Waals surface area contributed by atoms with Gasteiger partial charge in [0.1, 0.15) is 11.8 Å². The van der Waals surface area contributed by atoms with Gasteiger partial charge in [-0.15, -0.1) is 0 Å². The van der Waals surface area contributed by atoms with Crippen molar-refractivity contribution >= 4 is 11.9 Å². The summed E-state index contributed by atoms with van der Waals surface area (Å²) in [6, 6.07) is 5.36. The fourth-order valence-corrected chi connectivity index (χ4v) is 2.69. The highest BCUT2D eigenvalue weighted by Crippen LogP contribution is 2.20. The van der Waals surface area contributed by atoms with Crippen LogP contribution in [0, 0.1) is 13.8 Å².